The SMILES string of the molecule is CCCCOc1cccc([C@@H]2C(=C(O)c3ccc4c(c3)OCCO4)C(=O)C(=O)N2CCCN(CC)CC)c1. The van der Waals surface area contributed by atoms with E-state index in [9.17, 15) is 14.7 Å². The summed E-state index contributed by atoms with van der Waals surface area (Å²) in [5, 5.41) is 11.4. The largest absolute Gasteiger partial charge is 0.507 e. The van der Waals surface area contributed by atoms with Crippen molar-refractivity contribution in [2.75, 3.05) is 46.0 Å². The van der Waals surface area contributed by atoms with E-state index in [1.54, 1.807) is 23.1 Å². The molecule has 0 unspecified atom stereocenters. The maximum absolute atomic E-state index is 13.4. The van der Waals surface area contributed by atoms with Crippen molar-refractivity contribution < 1.29 is 28.9 Å². The van der Waals surface area contributed by atoms with Crippen molar-refractivity contribution in [2.45, 2.75) is 46.1 Å². The maximum atomic E-state index is 13.4. The normalized spacial score (nSPS) is 18.3. The van der Waals surface area contributed by atoms with E-state index in [0.717, 1.165) is 38.0 Å². The zero-order valence-electron chi connectivity index (χ0n) is 22.6. The fraction of sp³-hybridized carbons (Fsp3) is 0.467. The number of rotatable bonds is 12. The Hall–Kier alpha value is -3.52. The highest BCUT2D eigenvalue weighted by atomic mass is 16.6. The number of Topliss-reactive ketones (excluding diaryl/α,β-unsaturated/α-hetero) is 1. The average molecular weight is 523 g/mol. The van der Waals surface area contributed by atoms with Crippen LogP contribution in [0.2, 0.25) is 0 Å². The molecule has 8 nitrogen and oxygen atoms in total. The molecule has 1 atom stereocenters. The van der Waals surface area contributed by atoms with Crippen LogP contribution in [0, 0.1) is 0 Å². The molecule has 38 heavy (non-hydrogen) atoms. The van der Waals surface area contributed by atoms with E-state index in [0.29, 0.717) is 55.6 Å². The van der Waals surface area contributed by atoms with E-state index < -0.39 is 17.7 Å². The van der Waals surface area contributed by atoms with Gasteiger partial charge in [-0.15, -0.1) is 0 Å². The summed E-state index contributed by atoms with van der Waals surface area (Å²) < 4.78 is 17.2. The highest BCUT2D eigenvalue weighted by Gasteiger charge is 2.46. The van der Waals surface area contributed by atoms with Gasteiger partial charge in [-0.1, -0.05) is 39.3 Å². The van der Waals surface area contributed by atoms with Crippen molar-refractivity contribution in [2.24, 2.45) is 0 Å². The molecule has 0 aliphatic carbocycles. The molecule has 0 bridgehead atoms. The first-order chi connectivity index (χ1) is 18.5. The minimum absolute atomic E-state index is 0.0697. The zero-order valence-corrected chi connectivity index (χ0v) is 22.6. The molecule has 0 spiro atoms. The Balaban J connectivity index is 1.72. The molecule has 2 aromatic rings. The number of ketones is 1. The highest BCUT2D eigenvalue weighted by Crippen LogP contribution is 2.41. The number of nitrogens with zero attached hydrogens (tertiary/aromatic N) is 2. The van der Waals surface area contributed by atoms with Gasteiger partial charge in [0.05, 0.1) is 18.2 Å². The van der Waals surface area contributed by atoms with Gasteiger partial charge in [-0.2, -0.15) is 0 Å². The number of unbranched alkanes of at least 4 members (excludes halogenated alkanes) is 1. The third-order valence-corrected chi connectivity index (χ3v) is 7.06. The summed E-state index contributed by atoms with van der Waals surface area (Å²) in [5.41, 5.74) is 1.19. The van der Waals surface area contributed by atoms with Crippen molar-refractivity contribution in [1.29, 1.82) is 0 Å². The van der Waals surface area contributed by atoms with Gasteiger partial charge in [0, 0.05) is 12.1 Å². The molecular formula is C30H38N2O6. The van der Waals surface area contributed by atoms with Crippen molar-refractivity contribution in [1.82, 2.24) is 9.80 Å². The van der Waals surface area contributed by atoms with Crippen LogP contribution in [-0.2, 0) is 9.59 Å². The Labute approximate surface area is 224 Å². The van der Waals surface area contributed by atoms with E-state index in [4.69, 9.17) is 14.2 Å². The molecule has 0 aromatic heterocycles. The predicted molar refractivity (Wildman–Crippen MR) is 146 cm³/mol. The Bertz CT molecular complexity index is 1170. The van der Waals surface area contributed by atoms with Crippen LogP contribution in [0.1, 0.15) is 57.2 Å². The summed E-state index contributed by atoms with van der Waals surface area (Å²) in [6.45, 7) is 10.8. The van der Waals surface area contributed by atoms with Crippen LogP contribution >= 0.6 is 0 Å². The van der Waals surface area contributed by atoms with Gasteiger partial charge < -0.3 is 29.1 Å². The lowest BCUT2D eigenvalue weighted by Crippen LogP contribution is -2.33. The molecule has 1 N–H and O–H groups in total. The van der Waals surface area contributed by atoms with Crippen LogP contribution in [0.3, 0.4) is 0 Å². The molecule has 1 amide bonds. The van der Waals surface area contributed by atoms with Crippen LogP contribution < -0.4 is 14.2 Å². The number of hydrogen-bond donors (Lipinski definition) is 1. The monoisotopic (exact) mass is 522 g/mol. The Kier molecular flexibility index (Phi) is 9.29. The number of benzene rings is 2. The molecule has 0 radical (unpaired) electrons. The summed E-state index contributed by atoms with van der Waals surface area (Å²) in [6.07, 6.45) is 2.65. The van der Waals surface area contributed by atoms with E-state index >= 15 is 0 Å². The number of likely N-dealkylation sites (tertiary alicyclic amines) is 1. The second-order valence-electron chi connectivity index (χ2n) is 9.51. The number of ether oxygens (including phenoxy) is 3. The number of amides is 1. The number of carbonyl (C=O) groups is 2. The molecule has 8 heteroatoms. The standard InChI is InChI=1S/C30H38N2O6/c1-4-7-16-36-23-11-8-10-21(19-23)27-26(28(33)22-12-13-24-25(20-22)38-18-17-37-24)29(34)30(35)32(27)15-9-14-31(5-2)6-3/h8,10-13,19-20,27,33H,4-7,9,14-18H2,1-3H3/t27-/m1/s1. The molecule has 1 saturated heterocycles. The fourth-order valence-corrected chi connectivity index (χ4v) is 4.92. The van der Waals surface area contributed by atoms with Gasteiger partial charge in [-0.3, -0.25) is 9.59 Å². The molecule has 1 fully saturated rings. The van der Waals surface area contributed by atoms with Crippen LogP contribution in [0.4, 0.5) is 0 Å². The zero-order chi connectivity index (χ0) is 27.1. The number of aliphatic hydroxyl groups is 1. The summed E-state index contributed by atoms with van der Waals surface area (Å²) >= 11 is 0. The highest BCUT2D eigenvalue weighted by molar-refractivity contribution is 6.46. The lowest BCUT2D eigenvalue weighted by molar-refractivity contribution is -0.140. The number of hydrogen-bond acceptors (Lipinski definition) is 7. The second-order valence-corrected chi connectivity index (χ2v) is 9.51. The first-order valence-electron chi connectivity index (χ1n) is 13.6. The Morgan fingerprint density at radius 3 is 2.53 bits per heavy atom. The number of fused-ring (bicyclic) bond motifs is 1. The first-order valence-corrected chi connectivity index (χ1v) is 13.6. The van der Waals surface area contributed by atoms with Gasteiger partial charge in [0.2, 0.25) is 0 Å². The first kappa shape index (κ1) is 27.5. The molecule has 2 aliphatic rings. The average Bonchev–Trinajstić information content (AvgIpc) is 3.20. The van der Waals surface area contributed by atoms with Crippen LogP contribution in [-0.4, -0.2) is 72.6 Å². The van der Waals surface area contributed by atoms with Crippen molar-refractivity contribution in [3.8, 4) is 17.2 Å². The molecule has 2 heterocycles. The minimum atomic E-state index is -0.727. The number of carbonyl (C=O) groups excluding carboxylic acids is 2. The maximum Gasteiger partial charge on any atom is 0.295 e. The van der Waals surface area contributed by atoms with Gasteiger partial charge in [0.15, 0.2) is 11.5 Å². The van der Waals surface area contributed by atoms with Crippen molar-refractivity contribution in [3.05, 3.63) is 59.2 Å². The fourth-order valence-electron chi connectivity index (χ4n) is 4.92. The van der Waals surface area contributed by atoms with Gasteiger partial charge in [-0.05, 0) is 68.4 Å². The summed E-state index contributed by atoms with van der Waals surface area (Å²) in [5.74, 6) is 0.223. The smallest absolute Gasteiger partial charge is 0.295 e. The third-order valence-electron chi connectivity index (χ3n) is 7.06. The van der Waals surface area contributed by atoms with Gasteiger partial charge in [0.25, 0.3) is 11.7 Å². The lowest BCUT2D eigenvalue weighted by atomic mass is 9.95. The topological polar surface area (TPSA) is 88.5 Å². The third kappa shape index (κ3) is 5.96. The van der Waals surface area contributed by atoms with E-state index in [1.807, 2.05) is 24.3 Å². The molecule has 204 valence electrons. The summed E-state index contributed by atoms with van der Waals surface area (Å²) in [4.78, 5) is 30.6. The van der Waals surface area contributed by atoms with Crippen LogP contribution in [0.25, 0.3) is 5.76 Å². The molecule has 4 rings (SSSR count). The quantitative estimate of drug-likeness (QED) is 0.186. The van der Waals surface area contributed by atoms with E-state index in [-0.39, 0.29) is 11.3 Å². The Morgan fingerprint density at radius 1 is 1.03 bits per heavy atom. The molecule has 0 saturated carbocycles. The Morgan fingerprint density at radius 2 is 1.79 bits per heavy atom. The van der Waals surface area contributed by atoms with Crippen molar-refractivity contribution >= 4 is 17.4 Å². The molecule has 2 aliphatic heterocycles. The van der Waals surface area contributed by atoms with Gasteiger partial charge >= 0.3 is 0 Å². The van der Waals surface area contributed by atoms with Crippen LogP contribution in [0.15, 0.2) is 48.0 Å². The van der Waals surface area contributed by atoms with Crippen molar-refractivity contribution in [3.63, 3.8) is 0 Å². The minimum Gasteiger partial charge on any atom is -0.507 e. The molecular weight excluding hydrogens is 484 g/mol. The number of aliphatic hydroxyl groups excluding tert-OH is 1. The lowest BCUT2D eigenvalue weighted by Gasteiger charge is -2.27. The van der Waals surface area contributed by atoms with Gasteiger partial charge in [-0.25, -0.2) is 0 Å². The van der Waals surface area contributed by atoms with Crippen LogP contribution in [0.5, 0.6) is 17.2 Å². The summed E-state index contributed by atoms with van der Waals surface area (Å²) in [7, 11) is 0. The molecule has 2 aromatic carbocycles. The van der Waals surface area contributed by atoms with E-state index in [2.05, 4.69) is 25.7 Å². The predicted octanol–water partition coefficient (Wildman–Crippen LogP) is 4.79. The van der Waals surface area contributed by atoms with E-state index in [1.165, 1.54) is 0 Å². The summed E-state index contributed by atoms with van der Waals surface area (Å²) in [6, 6.07) is 11.8. The van der Waals surface area contributed by atoms with Gasteiger partial charge in [0.1, 0.15) is 24.7 Å². The second kappa shape index (κ2) is 12.8.